The topological polar surface area (TPSA) is 85.4 Å². The lowest BCUT2D eigenvalue weighted by molar-refractivity contribution is -0.0172. The number of nitrogens with zero attached hydrogens (tertiary/aromatic N) is 2. The number of anilines is 1. The molecule has 0 spiro atoms. The number of hydrogen-bond donors (Lipinski definition) is 2. The molecule has 0 atom stereocenters. The molecule has 122 valence electrons. The van der Waals surface area contributed by atoms with E-state index in [2.05, 4.69) is 20.8 Å². The van der Waals surface area contributed by atoms with Gasteiger partial charge in [0, 0.05) is 12.1 Å². The van der Waals surface area contributed by atoms with E-state index >= 15 is 0 Å². The molecular formula is C14H15FN4O3S. The molecule has 1 aromatic heterocycles. The summed E-state index contributed by atoms with van der Waals surface area (Å²) in [5.74, 6) is 0.293. The minimum absolute atomic E-state index is 0.149. The maximum absolute atomic E-state index is 13.6. The van der Waals surface area contributed by atoms with Crippen molar-refractivity contribution in [2.75, 3.05) is 18.7 Å². The number of carbonyl (C=O) groups excluding carboxylic acids is 1. The number of fused-ring (bicyclic) bond motifs is 1. The van der Waals surface area contributed by atoms with Crippen LogP contribution in [-0.2, 0) is 17.8 Å². The van der Waals surface area contributed by atoms with Gasteiger partial charge in [-0.2, -0.15) is 0 Å². The van der Waals surface area contributed by atoms with E-state index in [0.717, 1.165) is 5.01 Å². The predicted octanol–water partition coefficient (Wildman–Crippen LogP) is 2.22. The van der Waals surface area contributed by atoms with E-state index in [0.29, 0.717) is 41.6 Å². The third kappa shape index (κ3) is 3.93. The molecule has 23 heavy (non-hydrogen) atoms. The first-order valence-electron chi connectivity index (χ1n) is 6.98. The molecule has 0 radical (unpaired) electrons. The molecule has 7 nitrogen and oxygen atoms in total. The Bertz CT molecular complexity index is 722. The van der Waals surface area contributed by atoms with Crippen LogP contribution in [0.4, 0.5) is 14.3 Å². The number of halogens is 1. The average molecular weight is 338 g/mol. The summed E-state index contributed by atoms with van der Waals surface area (Å²) in [5, 5.41) is 14.1. The van der Waals surface area contributed by atoms with Gasteiger partial charge in [0.2, 0.25) is 5.13 Å². The van der Waals surface area contributed by atoms with E-state index in [1.807, 2.05) is 0 Å². The van der Waals surface area contributed by atoms with E-state index in [1.54, 1.807) is 6.92 Å². The van der Waals surface area contributed by atoms with Gasteiger partial charge in [0.05, 0.1) is 6.61 Å². The van der Waals surface area contributed by atoms with Gasteiger partial charge in [0.1, 0.15) is 16.6 Å². The summed E-state index contributed by atoms with van der Waals surface area (Å²) in [6, 6.07) is 2.43. The second-order valence-corrected chi connectivity index (χ2v) is 6.10. The number of ether oxygens (including phenoxy) is 2. The number of amides is 2. The van der Waals surface area contributed by atoms with Crippen LogP contribution in [0, 0.1) is 12.7 Å². The number of aromatic nitrogens is 2. The Balaban J connectivity index is 1.56. The highest BCUT2D eigenvalue weighted by Crippen LogP contribution is 2.29. The van der Waals surface area contributed by atoms with Crippen molar-refractivity contribution < 1.29 is 18.7 Å². The van der Waals surface area contributed by atoms with Crippen molar-refractivity contribution in [3.05, 3.63) is 34.1 Å². The molecule has 3 rings (SSSR count). The van der Waals surface area contributed by atoms with Crippen molar-refractivity contribution in [3.63, 3.8) is 0 Å². The fourth-order valence-corrected chi connectivity index (χ4v) is 2.83. The second-order valence-electron chi connectivity index (χ2n) is 4.92. The molecule has 0 fully saturated rings. The quantitative estimate of drug-likeness (QED) is 0.893. The third-order valence-corrected chi connectivity index (χ3v) is 3.93. The second kappa shape index (κ2) is 6.88. The highest BCUT2D eigenvalue weighted by molar-refractivity contribution is 7.15. The number of aryl methyl sites for hydroxylation is 1. The molecule has 0 saturated heterocycles. The SMILES string of the molecule is Cc1nnc(NC(=O)NCCc2cc(F)cc3c2OCOC3)s1. The first kappa shape index (κ1) is 15.6. The summed E-state index contributed by atoms with van der Waals surface area (Å²) in [6.45, 7) is 2.61. The van der Waals surface area contributed by atoms with Crippen molar-refractivity contribution in [1.29, 1.82) is 0 Å². The van der Waals surface area contributed by atoms with E-state index < -0.39 is 0 Å². The number of rotatable bonds is 4. The number of urea groups is 1. The highest BCUT2D eigenvalue weighted by atomic mass is 32.1. The van der Waals surface area contributed by atoms with Crippen LogP contribution >= 0.6 is 11.3 Å². The molecule has 2 aromatic rings. The number of carbonyl (C=O) groups is 1. The van der Waals surface area contributed by atoms with E-state index in [1.165, 1.54) is 23.5 Å². The lowest BCUT2D eigenvalue weighted by Gasteiger charge is -2.20. The Morgan fingerprint density at radius 1 is 1.43 bits per heavy atom. The molecule has 2 amide bonds. The van der Waals surface area contributed by atoms with Crippen molar-refractivity contribution >= 4 is 22.5 Å². The van der Waals surface area contributed by atoms with Crippen LogP contribution < -0.4 is 15.4 Å². The number of hydrogen-bond acceptors (Lipinski definition) is 6. The van der Waals surface area contributed by atoms with Gasteiger partial charge in [0.15, 0.2) is 6.79 Å². The first-order valence-corrected chi connectivity index (χ1v) is 7.80. The van der Waals surface area contributed by atoms with Gasteiger partial charge in [-0.3, -0.25) is 5.32 Å². The van der Waals surface area contributed by atoms with Gasteiger partial charge in [0.25, 0.3) is 0 Å². The zero-order valence-corrected chi connectivity index (χ0v) is 13.2. The van der Waals surface area contributed by atoms with Crippen LogP contribution in [0.2, 0.25) is 0 Å². The van der Waals surface area contributed by atoms with E-state index in [4.69, 9.17) is 9.47 Å². The molecule has 0 unspecified atom stereocenters. The van der Waals surface area contributed by atoms with Crippen LogP contribution in [0.15, 0.2) is 12.1 Å². The van der Waals surface area contributed by atoms with Crippen molar-refractivity contribution in [2.45, 2.75) is 20.0 Å². The first-order chi connectivity index (χ1) is 11.1. The van der Waals surface area contributed by atoms with Gasteiger partial charge >= 0.3 is 6.03 Å². The molecule has 9 heteroatoms. The standard InChI is InChI=1S/C14H15FN4O3S/c1-8-18-19-14(23-8)17-13(20)16-3-2-9-4-11(15)5-10-6-21-7-22-12(9)10/h4-5H,2-3,6-7H2,1H3,(H2,16,17,19,20). The summed E-state index contributed by atoms with van der Waals surface area (Å²) in [5.41, 5.74) is 1.38. The summed E-state index contributed by atoms with van der Waals surface area (Å²) in [7, 11) is 0. The summed E-state index contributed by atoms with van der Waals surface area (Å²) in [6.07, 6.45) is 0.447. The Hall–Kier alpha value is -2.26. The van der Waals surface area contributed by atoms with Gasteiger partial charge in [-0.05, 0) is 31.0 Å². The molecule has 1 aliphatic rings. The monoisotopic (exact) mass is 338 g/mol. The molecule has 0 saturated carbocycles. The zero-order chi connectivity index (χ0) is 16.2. The van der Waals surface area contributed by atoms with Gasteiger partial charge < -0.3 is 14.8 Å². The molecule has 2 heterocycles. The molecule has 1 aliphatic heterocycles. The normalized spacial score (nSPS) is 13.1. The lowest BCUT2D eigenvalue weighted by atomic mass is 10.1. The molecule has 0 bridgehead atoms. The maximum Gasteiger partial charge on any atom is 0.321 e. The molecule has 2 N–H and O–H groups in total. The number of nitrogens with one attached hydrogen (secondary N) is 2. The van der Waals surface area contributed by atoms with Gasteiger partial charge in [-0.15, -0.1) is 10.2 Å². The molecule has 1 aromatic carbocycles. The zero-order valence-electron chi connectivity index (χ0n) is 12.4. The predicted molar refractivity (Wildman–Crippen MR) is 82.1 cm³/mol. The maximum atomic E-state index is 13.6. The summed E-state index contributed by atoms with van der Waals surface area (Å²) >= 11 is 1.29. The Kier molecular flexibility index (Phi) is 4.68. The van der Waals surface area contributed by atoms with E-state index in [9.17, 15) is 9.18 Å². The van der Waals surface area contributed by atoms with Crippen LogP contribution in [0.25, 0.3) is 0 Å². The van der Waals surface area contributed by atoms with Crippen LogP contribution in [0.3, 0.4) is 0 Å². The third-order valence-electron chi connectivity index (χ3n) is 3.18. The van der Waals surface area contributed by atoms with Crippen LogP contribution in [0.5, 0.6) is 5.75 Å². The fourth-order valence-electron chi connectivity index (χ4n) is 2.24. The van der Waals surface area contributed by atoms with Crippen molar-refractivity contribution in [3.8, 4) is 5.75 Å². The Labute approximate surface area is 135 Å². The van der Waals surface area contributed by atoms with E-state index in [-0.39, 0.29) is 18.6 Å². The minimum atomic E-state index is -0.379. The Morgan fingerprint density at radius 2 is 2.30 bits per heavy atom. The average Bonchev–Trinajstić information content (AvgIpc) is 2.92. The number of benzene rings is 1. The van der Waals surface area contributed by atoms with Crippen molar-refractivity contribution in [1.82, 2.24) is 15.5 Å². The smallest absolute Gasteiger partial charge is 0.321 e. The summed E-state index contributed by atoms with van der Waals surface area (Å²) < 4.78 is 24.2. The van der Waals surface area contributed by atoms with Gasteiger partial charge in [-0.25, -0.2) is 9.18 Å². The Morgan fingerprint density at radius 3 is 3.09 bits per heavy atom. The van der Waals surface area contributed by atoms with Crippen LogP contribution in [0.1, 0.15) is 16.1 Å². The van der Waals surface area contributed by atoms with Crippen LogP contribution in [-0.4, -0.2) is 29.6 Å². The highest BCUT2D eigenvalue weighted by Gasteiger charge is 2.17. The van der Waals surface area contributed by atoms with Gasteiger partial charge in [-0.1, -0.05) is 11.3 Å². The van der Waals surface area contributed by atoms with Crippen molar-refractivity contribution in [2.24, 2.45) is 0 Å². The molecule has 0 aliphatic carbocycles. The summed E-state index contributed by atoms with van der Waals surface area (Å²) in [4.78, 5) is 11.8. The minimum Gasteiger partial charge on any atom is -0.467 e. The molecular weight excluding hydrogens is 323 g/mol. The largest absolute Gasteiger partial charge is 0.467 e. The fraction of sp³-hybridized carbons (Fsp3) is 0.357. The lowest BCUT2D eigenvalue weighted by Crippen LogP contribution is -2.30.